The molecule has 0 aliphatic heterocycles. The first-order valence-electron chi connectivity index (χ1n) is 3.87. The SMILES string of the molecule is Cc1cccc(-n2ncoc2=O)c1. The molecule has 0 spiro atoms. The van der Waals surface area contributed by atoms with Gasteiger partial charge in [0.2, 0.25) is 6.39 Å². The first-order chi connectivity index (χ1) is 6.27. The fourth-order valence-electron chi connectivity index (χ4n) is 1.14. The van der Waals surface area contributed by atoms with Crippen LogP contribution < -0.4 is 5.76 Å². The second kappa shape index (κ2) is 2.90. The molecule has 2 aromatic rings. The zero-order chi connectivity index (χ0) is 9.26. The van der Waals surface area contributed by atoms with E-state index in [0.717, 1.165) is 17.6 Å². The molecule has 0 fully saturated rings. The van der Waals surface area contributed by atoms with Gasteiger partial charge in [-0.15, -0.1) is 5.10 Å². The fraction of sp³-hybridized carbons (Fsp3) is 0.111. The summed E-state index contributed by atoms with van der Waals surface area (Å²) in [5.74, 6) is -0.467. The van der Waals surface area contributed by atoms with Gasteiger partial charge in [-0.1, -0.05) is 12.1 Å². The number of aromatic nitrogens is 2. The average molecular weight is 176 g/mol. The zero-order valence-corrected chi connectivity index (χ0v) is 7.10. The van der Waals surface area contributed by atoms with Crippen LogP contribution >= 0.6 is 0 Å². The highest BCUT2D eigenvalue weighted by Gasteiger charge is 2.01. The average Bonchev–Trinajstić information content (AvgIpc) is 2.51. The van der Waals surface area contributed by atoms with E-state index < -0.39 is 5.76 Å². The van der Waals surface area contributed by atoms with Crippen molar-refractivity contribution >= 4 is 0 Å². The standard InChI is InChI=1S/C9H8N2O2/c1-7-3-2-4-8(5-7)11-9(12)13-6-10-11/h2-6H,1H3. The highest BCUT2D eigenvalue weighted by molar-refractivity contribution is 5.33. The third-order valence-electron chi connectivity index (χ3n) is 1.74. The van der Waals surface area contributed by atoms with Gasteiger partial charge in [-0.2, -0.15) is 4.68 Å². The molecule has 1 heterocycles. The molecule has 4 nitrogen and oxygen atoms in total. The van der Waals surface area contributed by atoms with Crippen LogP contribution in [0.15, 0.2) is 39.9 Å². The first kappa shape index (κ1) is 7.79. The van der Waals surface area contributed by atoms with E-state index in [1.54, 1.807) is 6.07 Å². The van der Waals surface area contributed by atoms with Crippen LogP contribution in [-0.4, -0.2) is 9.78 Å². The Morgan fingerprint density at radius 1 is 1.46 bits per heavy atom. The molecule has 13 heavy (non-hydrogen) atoms. The van der Waals surface area contributed by atoms with E-state index >= 15 is 0 Å². The third kappa shape index (κ3) is 1.38. The van der Waals surface area contributed by atoms with Gasteiger partial charge >= 0.3 is 5.76 Å². The number of benzene rings is 1. The summed E-state index contributed by atoms with van der Waals surface area (Å²) in [5.41, 5.74) is 1.80. The summed E-state index contributed by atoms with van der Waals surface area (Å²) in [6.45, 7) is 1.95. The normalized spacial score (nSPS) is 10.2. The lowest BCUT2D eigenvalue weighted by molar-refractivity contribution is 0.503. The van der Waals surface area contributed by atoms with E-state index in [1.807, 2.05) is 25.1 Å². The zero-order valence-electron chi connectivity index (χ0n) is 7.10. The van der Waals surface area contributed by atoms with Gasteiger partial charge in [-0.25, -0.2) is 4.79 Å². The van der Waals surface area contributed by atoms with Gasteiger partial charge in [0, 0.05) is 0 Å². The van der Waals surface area contributed by atoms with E-state index in [1.165, 1.54) is 4.68 Å². The molecule has 0 N–H and O–H groups in total. The second-order valence-electron chi connectivity index (χ2n) is 2.76. The highest BCUT2D eigenvalue weighted by atomic mass is 16.4. The van der Waals surface area contributed by atoms with Crippen LogP contribution in [-0.2, 0) is 0 Å². The van der Waals surface area contributed by atoms with Gasteiger partial charge in [-0.3, -0.25) is 0 Å². The highest BCUT2D eigenvalue weighted by Crippen LogP contribution is 2.05. The van der Waals surface area contributed by atoms with Gasteiger partial charge in [0.1, 0.15) is 0 Å². The van der Waals surface area contributed by atoms with E-state index in [0.29, 0.717) is 0 Å². The maximum Gasteiger partial charge on any atom is 0.441 e. The summed E-state index contributed by atoms with van der Waals surface area (Å²) >= 11 is 0. The molecule has 2 rings (SSSR count). The molecular formula is C9H8N2O2. The molecule has 1 aromatic carbocycles. The maximum absolute atomic E-state index is 11.1. The van der Waals surface area contributed by atoms with E-state index in [-0.39, 0.29) is 0 Å². The Kier molecular flexibility index (Phi) is 1.73. The molecule has 0 radical (unpaired) electrons. The van der Waals surface area contributed by atoms with E-state index in [2.05, 4.69) is 9.52 Å². The molecule has 0 unspecified atom stereocenters. The molecule has 0 atom stereocenters. The van der Waals surface area contributed by atoms with Crippen LogP contribution in [0.4, 0.5) is 0 Å². The minimum Gasteiger partial charge on any atom is -0.395 e. The number of hydrogen-bond acceptors (Lipinski definition) is 3. The lowest BCUT2D eigenvalue weighted by Gasteiger charge is -1.98. The molecule has 0 saturated heterocycles. The van der Waals surface area contributed by atoms with Crippen LogP contribution in [0.2, 0.25) is 0 Å². The fourth-order valence-corrected chi connectivity index (χ4v) is 1.14. The number of rotatable bonds is 1. The van der Waals surface area contributed by atoms with E-state index in [9.17, 15) is 4.79 Å². The molecule has 4 heteroatoms. The minimum atomic E-state index is -0.467. The number of hydrogen-bond donors (Lipinski definition) is 0. The number of nitrogens with zero attached hydrogens (tertiary/aromatic N) is 2. The summed E-state index contributed by atoms with van der Waals surface area (Å²) < 4.78 is 5.77. The van der Waals surface area contributed by atoms with Gasteiger partial charge in [0.05, 0.1) is 5.69 Å². The maximum atomic E-state index is 11.1. The first-order valence-corrected chi connectivity index (χ1v) is 3.87. The summed E-state index contributed by atoms with van der Waals surface area (Å²) in [6, 6.07) is 7.49. The Bertz CT molecular complexity index is 470. The van der Waals surface area contributed by atoms with Crippen molar-refractivity contribution < 1.29 is 4.42 Å². The Balaban J connectivity index is 2.59. The molecule has 0 bridgehead atoms. The predicted molar refractivity (Wildman–Crippen MR) is 46.8 cm³/mol. The van der Waals surface area contributed by atoms with Crippen molar-refractivity contribution in [1.29, 1.82) is 0 Å². The quantitative estimate of drug-likeness (QED) is 0.654. The van der Waals surface area contributed by atoms with Crippen molar-refractivity contribution in [2.24, 2.45) is 0 Å². The Labute approximate surface area is 74.4 Å². The second-order valence-corrected chi connectivity index (χ2v) is 2.76. The topological polar surface area (TPSA) is 48.0 Å². The van der Waals surface area contributed by atoms with Crippen molar-refractivity contribution in [2.45, 2.75) is 6.92 Å². The summed E-state index contributed by atoms with van der Waals surface area (Å²) in [5, 5.41) is 3.76. The van der Waals surface area contributed by atoms with Crippen LogP contribution in [0.3, 0.4) is 0 Å². The van der Waals surface area contributed by atoms with Crippen LogP contribution in [0.25, 0.3) is 5.69 Å². The van der Waals surface area contributed by atoms with Gasteiger partial charge in [0.15, 0.2) is 0 Å². The van der Waals surface area contributed by atoms with Gasteiger partial charge < -0.3 is 4.42 Å². The number of aryl methyl sites for hydroxylation is 1. The van der Waals surface area contributed by atoms with Gasteiger partial charge in [0.25, 0.3) is 0 Å². The van der Waals surface area contributed by atoms with Crippen molar-refractivity contribution in [3.8, 4) is 5.69 Å². The largest absolute Gasteiger partial charge is 0.441 e. The Morgan fingerprint density at radius 3 is 2.92 bits per heavy atom. The monoisotopic (exact) mass is 176 g/mol. The van der Waals surface area contributed by atoms with Gasteiger partial charge in [-0.05, 0) is 24.6 Å². The van der Waals surface area contributed by atoms with Crippen molar-refractivity contribution in [1.82, 2.24) is 9.78 Å². The molecule has 0 amide bonds. The van der Waals surface area contributed by atoms with Crippen molar-refractivity contribution in [2.75, 3.05) is 0 Å². The molecule has 0 aliphatic rings. The van der Waals surface area contributed by atoms with Crippen molar-refractivity contribution in [3.05, 3.63) is 46.8 Å². The lowest BCUT2D eigenvalue weighted by atomic mass is 10.2. The van der Waals surface area contributed by atoms with Crippen LogP contribution in [0.1, 0.15) is 5.56 Å². The van der Waals surface area contributed by atoms with E-state index in [4.69, 9.17) is 0 Å². The summed E-state index contributed by atoms with van der Waals surface area (Å²) in [6.07, 6.45) is 1.13. The minimum absolute atomic E-state index is 0.467. The Morgan fingerprint density at radius 2 is 2.31 bits per heavy atom. The molecular weight excluding hydrogens is 168 g/mol. The molecule has 0 saturated carbocycles. The molecule has 1 aromatic heterocycles. The van der Waals surface area contributed by atoms with Crippen LogP contribution in [0.5, 0.6) is 0 Å². The lowest BCUT2D eigenvalue weighted by Crippen LogP contribution is -2.13. The summed E-state index contributed by atoms with van der Waals surface area (Å²) in [7, 11) is 0. The molecule has 66 valence electrons. The third-order valence-corrected chi connectivity index (χ3v) is 1.74. The smallest absolute Gasteiger partial charge is 0.395 e. The Hall–Kier alpha value is -1.84. The summed E-state index contributed by atoms with van der Waals surface area (Å²) in [4.78, 5) is 11.1. The predicted octanol–water partition coefficient (Wildman–Crippen LogP) is 1.13. The van der Waals surface area contributed by atoms with Crippen LogP contribution in [0, 0.1) is 6.92 Å². The molecule has 0 aliphatic carbocycles. The van der Waals surface area contributed by atoms with Crippen molar-refractivity contribution in [3.63, 3.8) is 0 Å².